The predicted octanol–water partition coefficient (Wildman–Crippen LogP) is 6.45. The Morgan fingerprint density at radius 2 is 1.85 bits per heavy atom. The molecule has 206 valence electrons. The largest absolute Gasteiger partial charge is 0.495 e. The first kappa shape index (κ1) is 27.6. The van der Waals surface area contributed by atoms with Crippen LogP contribution in [-0.2, 0) is 4.74 Å². The summed E-state index contributed by atoms with van der Waals surface area (Å²) in [5, 5.41) is 14.6. The number of halogens is 2. The molecular formula is C29H32Cl2N4O4. The number of likely N-dealkylation sites (tertiary alicyclic amines) is 1. The van der Waals surface area contributed by atoms with E-state index in [0.29, 0.717) is 73.8 Å². The molecule has 3 aromatic rings. The van der Waals surface area contributed by atoms with Gasteiger partial charge in [-0.05, 0) is 51.4 Å². The lowest BCUT2D eigenvalue weighted by molar-refractivity contribution is -0.139. The van der Waals surface area contributed by atoms with Crippen LogP contribution in [0.25, 0.3) is 10.9 Å². The van der Waals surface area contributed by atoms with Crippen LogP contribution in [0.5, 0.6) is 17.2 Å². The molecule has 0 unspecified atom stereocenters. The Morgan fingerprint density at radius 3 is 2.51 bits per heavy atom. The van der Waals surface area contributed by atoms with Crippen molar-refractivity contribution in [3.05, 3.63) is 46.1 Å². The first-order chi connectivity index (χ1) is 18.9. The van der Waals surface area contributed by atoms with Crippen LogP contribution in [0.2, 0.25) is 10.0 Å². The van der Waals surface area contributed by atoms with E-state index in [9.17, 15) is 5.26 Å². The highest BCUT2D eigenvalue weighted by Gasteiger charge is 2.40. The molecule has 0 radical (unpaired) electrons. The molecule has 0 atom stereocenters. The van der Waals surface area contributed by atoms with E-state index in [0.717, 1.165) is 39.3 Å². The summed E-state index contributed by atoms with van der Waals surface area (Å²) in [4.78, 5) is 7.00. The van der Waals surface area contributed by atoms with Gasteiger partial charge in [0.05, 0.1) is 66.0 Å². The molecule has 0 saturated carbocycles. The van der Waals surface area contributed by atoms with Gasteiger partial charge in [0.2, 0.25) is 0 Å². The van der Waals surface area contributed by atoms with Crippen molar-refractivity contribution in [2.45, 2.75) is 26.2 Å². The fourth-order valence-electron chi connectivity index (χ4n) is 5.12. The van der Waals surface area contributed by atoms with Crippen molar-refractivity contribution < 1.29 is 18.9 Å². The summed E-state index contributed by atoms with van der Waals surface area (Å²) in [6, 6.07) is 9.23. The summed E-state index contributed by atoms with van der Waals surface area (Å²) in [5.74, 6) is 1.69. The zero-order chi connectivity index (χ0) is 27.4. The second kappa shape index (κ2) is 12.1. The van der Waals surface area contributed by atoms with Crippen LogP contribution in [0.3, 0.4) is 0 Å². The average Bonchev–Trinajstić information content (AvgIpc) is 2.92. The minimum atomic E-state index is 0.363. The molecular weight excluding hydrogens is 539 g/mol. The molecule has 3 heterocycles. The zero-order valence-corrected chi connectivity index (χ0v) is 23.7. The van der Waals surface area contributed by atoms with Gasteiger partial charge in [0.15, 0.2) is 11.5 Å². The van der Waals surface area contributed by atoms with Gasteiger partial charge in [0.25, 0.3) is 0 Å². The van der Waals surface area contributed by atoms with E-state index in [1.807, 2.05) is 19.1 Å². The van der Waals surface area contributed by atoms with Crippen molar-refractivity contribution in [2.75, 3.05) is 58.5 Å². The number of ether oxygens (including phenoxy) is 4. The van der Waals surface area contributed by atoms with E-state index in [4.69, 9.17) is 42.1 Å². The minimum absolute atomic E-state index is 0.363. The number of benzene rings is 2. The molecule has 1 N–H and O–H groups in total. The lowest BCUT2D eigenvalue weighted by atomic mass is 9.77. The number of nitrogens with zero attached hydrogens (tertiary/aromatic N) is 3. The van der Waals surface area contributed by atoms with Gasteiger partial charge in [-0.2, -0.15) is 5.26 Å². The number of pyridine rings is 1. The SMILES string of the molecule is CCOc1cc2ncc(C#N)c(Nc3cc(OC)c(Cl)cc3Cl)c2cc1OCCCN1CCC2(CC1)COC2. The number of hydrogen-bond acceptors (Lipinski definition) is 8. The predicted molar refractivity (Wildman–Crippen MR) is 153 cm³/mol. The monoisotopic (exact) mass is 570 g/mol. The number of fused-ring (bicyclic) bond motifs is 1. The third kappa shape index (κ3) is 5.97. The number of nitriles is 1. The van der Waals surface area contributed by atoms with Gasteiger partial charge in [-0.15, -0.1) is 0 Å². The normalized spacial score (nSPS) is 16.5. The fraction of sp³-hybridized carbons (Fsp3) is 0.448. The number of piperidine rings is 1. The van der Waals surface area contributed by atoms with Gasteiger partial charge in [0, 0.05) is 35.7 Å². The van der Waals surface area contributed by atoms with Crippen molar-refractivity contribution in [3.63, 3.8) is 0 Å². The van der Waals surface area contributed by atoms with Crippen LogP contribution in [0.1, 0.15) is 31.7 Å². The lowest BCUT2D eigenvalue weighted by Gasteiger charge is -2.47. The molecule has 2 aliphatic rings. The number of nitrogens with one attached hydrogen (secondary N) is 1. The Kier molecular flexibility index (Phi) is 8.53. The van der Waals surface area contributed by atoms with Crippen LogP contribution in [0.4, 0.5) is 11.4 Å². The summed E-state index contributed by atoms with van der Waals surface area (Å²) in [6.45, 7) is 8.01. The Hall–Kier alpha value is -2.96. The van der Waals surface area contributed by atoms with Gasteiger partial charge >= 0.3 is 0 Å². The maximum absolute atomic E-state index is 9.85. The Morgan fingerprint density at radius 1 is 1.08 bits per heavy atom. The summed E-state index contributed by atoms with van der Waals surface area (Å²) in [7, 11) is 1.53. The number of anilines is 2. The van der Waals surface area contributed by atoms with Crippen molar-refractivity contribution in [2.24, 2.45) is 5.41 Å². The average molecular weight is 572 g/mol. The maximum Gasteiger partial charge on any atom is 0.163 e. The third-order valence-corrected chi connectivity index (χ3v) is 8.07. The van der Waals surface area contributed by atoms with Gasteiger partial charge in [-0.1, -0.05) is 23.2 Å². The molecule has 5 rings (SSSR count). The van der Waals surface area contributed by atoms with E-state index in [-0.39, 0.29) is 0 Å². The topological polar surface area (TPSA) is 88.9 Å². The molecule has 0 bridgehead atoms. The molecule has 2 fully saturated rings. The highest BCUT2D eigenvalue weighted by molar-refractivity contribution is 6.37. The smallest absolute Gasteiger partial charge is 0.163 e. The van der Waals surface area contributed by atoms with Gasteiger partial charge in [-0.3, -0.25) is 4.98 Å². The summed E-state index contributed by atoms with van der Waals surface area (Å²) < 4.78 is 22.9. The Balaban J connectivity index is 1.36. The summed E-state index contributed by atoms with van der Waals surface area (Å²) >= 11 is 12.7. The highest BCUT2D eigenvalue weighted by Crippen LogP contribution is 2.41. The maximum atomic E-state index is 9.85. The molecule has 0 aliphatic carbocycles. The molecule has 10 heteroatoms. The van der Waals surface area contributed by atoms with Crippen molar-refractivity contribution >= 4 is 45.5 Å². The standard InChI is InChI=1S/C29H32Cl2N4O4/c1-3-38-27-13-23-20(11-26(27)39-10-4-7-35-8-5-29(6-9-35)17-37-18-29)28(19(15-32)16-33-23)34-24-14-25(36-2)22(31)12-21(24)30/h11-14,16H,3-10,17-18H2,1-2H3,(H,33,34). The van der Waals surface area contributed by atoms with Crippen molar-refractivity contribution in [3.8, 4) is 23.3 Å². The van der Waals surface area contributed by atoms with Gasteiger partial charge in [-0.25, -0.2) is 0 Å². The Labute approximate surface area is 238 Å². The van der Waals surface area contributed by atoms with Crippen LogP contribution < -0.4 is 19.5 Å². The van der Waals surface area contributed by atoms with Crippen LogP contribution in [0, 0.1) is 16.7 Å². The number of aromatic nitrogens is 1. The van der Waals surface area contributed by atoms with E-state index in [2.05, 4.69) is 21.3 Å². The fourth-order valence-corrected chi connectivity index (χ4v) is 5.62. The molecule has 8 nitrogen and oxygen atoms in total. The number of rotatable bonds is 10. The van der Waals surface area contributed by atoms with Crippen LogP contribution in [0.15, 0.2) is 30.5 Å². The Bertz CT molecular complexity index is 1380. The number of methoxy groups -OCH3 is 1. The molecule has 39 heavy (non-hydrogen) atoms. The first-order valence-corrected chi connectivity index (χ1v) is 13.9. The highest BCUT2D eigenvalue weighted by atomic mass is 35.5. The molecule has 2 aromatic carbocycles. The summed E-state index contributed by atoms with van der Waals surface area (Å²) in [5.41, 5.74) is 2.57. The van der Waals surface area contributed by atoms with E-state index in [1.54, 1.807) is 12.1 Å². The molecule has 0 amide bonds. The van der Waals surface area contributed by atoms with E-state index >= 15 is 0 Å². The van der Waals surface area contributed by atoms with Crippen molar-refractivity contribution in [1.82, 2.24) is 9.88 Å². The molecule has 1 aromatic heterocycles. The minimum Gasteiger partial charge on any atom is -0.495 e. The van der Waals surface area contributed by atoms with Crippen molar-refractivity contribution in [1.29, 1.82) is 5.26 Å². The summed E-state index contributed by atoms with van der Waals surface area (Å²) in [6.07, 6.45) is 4.84. The third-order valence-electron chi connectivity index (χ3n) is 7.46. The second-order valence-corrected chi connectivity index (χ2v) is 10.9. The van der Waals surface area contributed by atoms with E-state index < -0.39 is 0 Å². The number of hydrogen-bond donors (Lipinski definition) is 1. The van der Waals surface area contributed by atoms with E-state index in [1.165, 1.54) is 26.1 Å². The molecule has 1 spiro atoms. The zero-order valence-electron chi connectivity index (χ0n) is 22.2. The van der Waals surface area contributed by atoms with Gasteiger partial charge < -0.3 is 29.2 Å². The van der Waals surface area contributed by atoms with Crippen LogP contribution >= 0.6 is 23.2 Å². The lowest BCUT2D eigenvalue weighted by Crippen LogP contribution is -2.51. The quantitative estimate of drug-likeness (QED) is 0.278. The molecule has 2 saturated heterocycles. The molecule has 2 aliphatic heterocycles. The second-order valence-electron chi connectivity index (χ2n) is 10.0. The van der Waals surface area contributed by atoms with Gasteiger partial charge in [0.1, 0.15) is 11.8 Å². The first-order valence-electron chi connectivity index (χ1n) is 13.2. The van der Waals surface area contributed by atoms with Crippen LogP contribution in [-0.4, -0.2) is 63.1 Å².